The average molecular weight is 453 g/mol. The van der Waals surface area contributed by atoms with E-state index in [9.17, 15) is 22.2 Å². The van der Waals surface area contributed by atoms with E-state index < -0.39 is 34.5 Å². The summed E-state index contributed by atoms with van der Waals surface area (Å²) in [6, 6.07) is 8.43. The zero-order chi connectivity index (χ0) is 22.2. The minimum atomic E-state index is -4.77. The summed E-state index contributed by atoms with van der Waals surface area (Å²) in [5.74, 6) is 0.0285. The highest BCUT2D eigenvalue weighted by Gasteiger charge is 2.34. The number of nitrogens with zero attached hydrogens (tertiary/aromatic N) is 3. The zero-order valence-electron chi connectivity index (χ0n) is 15.6. The lowest BCUT2D eigenvalue weighted by Gasteiger charge is -2.12. The summed E-state index contributed by atoms with van der Waals surface area (Å²) in [5.41, 5.74) is -0.798. The standard InChI is InChI=1S/C19H14F3N3O5S/c20-19(21,22)16-6-13(23-17(24-16)9-31(27)28)12-2-4-18(26)25(8-12)7-11-1-3-14-15(5-11)30-10-29-14/h1-6,8H,7,9-10H2,(H,27,28). The summed E-state index contributed by atoms with van der Waals surface area (Å²) >= 11 is -2.42. The van der Waals surface area contributed by atoms with E-state index in [1.54, 1.807) is 18.2 Å². The average Bonchev–Trinajstić information content (AvgIpc) is 3.16. The molecule has 8 nitrogen and oxygen atoms in total. The number of halogens is 3. The first-order valence-electron chi connectivity index (χ1n) is 8.81. The third-order valence-electron chi connectivity index (χ3n) is 4.38. The molecule has 162 valence electrons. The fraction of sp³-hybridized carbons (Fsp3) is 0.211. The fourth-order valence-electron chi connectivity index (χ4n) is 3.01. The van der Waals surface area contributed by atoms with Gasteiger partial charge in [-0.1, -0.05) is 6.07 Å². The Hall–Kier alpha value is -3.25. The van der Waals surface area contributed by atoms with Crippen molar-refractivity contribution in [3.05, 3.63) is 70.0 Å². The van der Waals surface area contributed by atoms with Gasteiger partial charge in [-0.05, 0) is 29.8 Å². The number of fused-ring (bicyclic) bond motifs is 1. The van der Waals surface area contributed by atoms with Crippen molar-refractivity contribution in [3.63, 3.8) is 0 Å². The van der Waals surface area contributed by atoms with Crippen LogP contribution >= 0.6 is 0 Å². The van der Waals surface area contributed by atoms with Crippen LogP contribution < -0.4 is 15.0 Å². The third kappa shape index (κ3) is 4.75. The smallest absolute Gasteiger partial charge is 0.433 e. The first-order chi connectivity index (χ1) is 14.7. The van der Waals surface area contributed by atoms with E-state index in [2.05, 4.69) is 9.97 Å². The van der Waals surface area contributed by atoms with Crippen LogP contribution in [0.25, 0.3) is 11.3 Å². The molecule has 3 heterocycles. The van der Waals surface area contributed by atoms with Crippen LogP contribution in [0.5, 0.6) is 11.5 Å². The summed E-state index contributed by atoms with van der Waals surface area (Å²) in [6.07, 6.45) is -3.40. The van der Waals surface area contributed by atoms with Crippen LogP contribution in [-0.2, 0) is 29.6 Å². The second kappa shape index (κ2) is 8.12. The summed E-state index contributed by atoms with van der Waals surface area (Å²) in [4.78, 5) is 19.6. The van der Waals surface area contributed by atoms with Gasteiger partial charge in [0, 0.05) is 17.8 Å². The maximum absolute atomic E-state index is 13.2. The maximum atomic E-state index is 13.2. The molecule has 0 aliphatic carbocycles. The van der Waals surface area contributed by atoms with Crippen molar-refractivity contribution in [3.8, 4) is 22.8 Å². The van der Waals surface area contributed by atoms with Gasteiger partial charge in [0.05, 0.1) is 12.2 Å². The molecule has 0 saturated carbocycles. The lowest BCUT2D eigenvalue weighted by atomic mass is 10.1. The zero-order valence-corrected chi connectivity index (χ0v) is 16.4. The molecule has 1 N–H and O–H groups in total. The molecule has 1 aliphatic rings. The van der Waals surface area contributed by atoms with Gasteiger partial charge in [0.15, 0.2) is 22.6 Å². The molecule has 2 aromatic heterocycles. The lowest BCUT2D eigenvalue weighted by Crippen LogP contribution is -2.19. The molecule has 4 rings (SSSR count). The Bertz CT molecular complexity index is 1230. The lowest BCUT2D eigenvalue weighted by molar-refractivity contribution is -0.141. The summed E-state index contributed by atoms with van der Waals surface area (Å²) in [7, 11) is 0. The molecule has 12 heteroatoms. The van der Waals surface area contributed by atoms with E-state index >= 15 is 0 Å². The number of hydrogen-bond donors (Lipinski definition) is 1. The van der Waals surface area contributed by atoms with Crippen molar-refractivity contribution in [2.45, 2.75) is 18.5 Å². The Labute approximate surface area is 175 Å². The Balaban J connectivity index is 1.72. The van der Waals surface area contributed by atoms with Gasteiger partial charge in [0.1, 0.15) is 17.3 Å². The first-order valence-corrected chi connectivity index (χ1v) is 10.1. The number of benzene rings is 1. The SMILES string of the molecule is O=c1ccc(-c2cc(C(F)(F)F)nc(CS(=O)O)n2)cn1Cc1ccc2c(c1)OCO2. The predicted octanol–water partition coefficient (Wildman–Crippen LogP) is 2.82. The fourth-order valence-corrected chi connectivity index (χ4v) is 3.36. The second-order valence-electron chi connectivity index (χ2n) is 6.59. The quantitative estimate of drug-likeness (QED) is 0.593. The van der Waals surface area contributed by atoms with E-state index in [-0.39, 0.29) is 30.2 Å². The Morgan fingerprint density at radius 3 is 2.61 bits per heavy atom. The highest BCUT2D eigenvalue weighted by atomic mass is 32.2. The van der Waals surface area contributed by atoms with E-state index in [1.165, 1.54) is 22.9 Å². The van der Waals surface area contributed by atoms with Crippen LogP contribution in [0.2, 0.25) is 0 Å². The summed E-state index contributed by atoms with van der Waals surface area (Å²) in [6.45, 7) is 0.235. The van der Waals surface area contributed by atoms with E-state index in [0.717, 1.165) is 11.6 Å². The molecule has 0 spiro atoms. The molecule has 1 aromatic carbocycles. The van der Waals surface area contributed by atoms with Crippen LogP contribution in [0.15, 0.2) is 47.4 Å². The van der Waals surface area contributed by atoms with Gasteiger partial charge in [0.25, 0.3) is 5.56 Å². The number of alkyl halides is 3. The van der Waals surface area contributed by atoms with Crippen molar-refractivity contribution in [1.29, 1.82) is 0 Å². The molecule has 3 aromatic rings. The van der Waals surface area contributed by atoms with Gasteiger partial charge >= 0.3 is 6.18 Å². The molecule has 31 heavy (non-hydrogen) atoms. The Morgan fingerprint density at radius 2 is 1.87 bits per heavy atom. The van der Waals surface area contributed by atoms with Gasteiger partial charge in [-0.2, -0.15) is 13.2 Å². The largest absolute Gasteiger partial charge is 0.454 e. The predicted molar refractivity (Wildman–Crippen MR) is 103 cm³/mol. The monoisotopic (exact) mass is 453 g/mol. The molecule has 0 radical (unpaired) electrons. The highest BCUT2D eigenvalue weighted by molar-refractivity contribution is 7.78. The Kier molecular flexibility index (Phi) is 5.50. The molecular weight excluding hydrogens is 439 g/mol. The molecule has 0 bridgehead atoms. The van der Waals surface area contributed by atoms with Crippen LogP contribution in [0.4, 0.5) is 13.2 Å². The minimum Gasteiger partial charge on any atom is -0.454 e. The van der Waals surface area contributed by atoms with Gasteiger partial charge in [-0.25, -0.2) is 14.2 Å². The van der Waals surface area contributed by atoms with Gasteiger partial charge in [0.2, 0.25) is 6.79 Å². The summed E-state index contributed by atoms with van der Waals surface area (Å²) < 4.78 is 71.6. The van der Waals surface area contributed by atoms with Crippen LogP contribution in [0.3, 0.4) is 0 Å². The molecule has 0 saturated heterocycles. The number of aromatic nitrogens is 3. The topological polar surface area (TPSA) is 104 Å². The van der Waals surface area contributed by atoms with Crippen molar-refractivity contribution < 1.29 is 31.4 Å². The number of rotatable bonds is 5. The minimum absolute atomic E-state index is 0.102. The maximum Gasteiger partial charge on any atom is 0.433 e. The number of hydrogen-bond acceptors (Lipinski definition) is 6. The van der Waals surface area contributed by atoms with Crippen LogP contribution in [0, 0.1) is 0 Å². The van der Waals surface area contributed by atoms with E-state index in [0.29, 0.717) is 11.5 Å². The van der Waals surface area contributed by atoms with Crippen LogP contribution in [0.1, 0.15) is 17.1 Å². The molecule has 1 aliphatic heterocycles. The second-order valence-corrected chi connectivity index (χ2v) is 7.52. The van der Waals surface area contributed by atoms with Crippen molar-refractivity contribution in [1.82, 2.24) is 14.5 Å². The van der Waals surface area contributed by atoms with Crippen molar-refractivity contribution in [2.75, 3.05) is 6.79 Å². The van der Waals surface area contributed by atoms with Crippen LogP contribution in [-0.4, -0.2) is 30.1 Å². The number of ether oxygens (including phenoxy) is 2. The number of pyridine rings is 1. The van der Waals surface area contributed by atoms with Crippen molar-refractivity contribution >= 4 is 11.1 Å². The van der Waals surface area contributed by atoms with Gasteiger partial charge < -0.3 is 18.6 Å². The molecular formula is C19H14F3N3O5S. The molecule has 0 fully saturated rings. The molecule has 1 atom stereocenters. The first kappa shape index (κ1) is 21.0. The third-order valence-corrected chi connectivity index (χ3v) is 4.89. The molecule has 0 amide bonds. The van der Waals surface area contributed by atoms with Gasteiger partial charge in [-0.3, -0.25) is 4.79 Å². The van der Waals surface area contributed by atoms with Gasteiger partial charge in [-0.15, -0.1) is 0 Å². The molecule has 1 unspecified atom stereocenters. The highest BCUT2D eigenvalue weighted by Crippen LogP contribution is 2.33. The normalized spacial score (nSPS) is 13.9. The summed E-state index contributed by atoms with van der Waals surface area (Å²) in [5, 5.41) is 0. The van der Waals surface area contributed by atoms with E-state index in [1.807, 2.05) is 0 Å². The van der Waals surface area contributed by atoms with E-state index in [4.69, 9.17) is 14.0 Å². The Morgan fingerprint density at radius 1 is 1.10 bits per heavy atom. The van der Waals surface area contributed by atoms with Crippen molar-refractivity contribution in [2.24, 2.45) is 0 Å².